The minimum atomic E-state index is -0.268. The molecule has 11 heteroatoms. The van der Waals surface area contributed by atoms with Crippen LogP contribution in [-0.2, 0) is 12.2 Å². The van der Waals surface area contributed by atoms with Crippen LogP contribution in [0.15, 0.2) is 58.5 Å². The third kappa shape index (κ3) is 4.64. The van der Waals surface area contributed by atoms with Crippen LogP contribution in [0.3, 0.4) is 0 Å². The summed E-state index contributed by atoms with van der Waals surface area (Å²) in [4.78, 5) is 15.1. The zero-order valence-corrected chi connectivity index (χ0v) is 17.1. The van der Waals surface area contributed by atoms with Crippen molar-refractivity contribution in [3.8, 4) is 5.69 Å². The molecule has 2 heterocycles. The fourth-order valence-electron chi connectivity index (χ4n) is 2.56. The zero-order valence-electron chi connectivity index (χ0n) is 14.8. The van der Waals surface area contributed by atoms with Crippen molar-refractivity contribution < 1.29 is 0 Å². The first-order valence-corrected chi connectivity index (χ1v) is 10.2. The molecule has 0 aliphatic carbocycles. The van der Waals surface area contributed by atoms with Crippen molar-refractivity contribution in [2.45, 2.75) is 17.3 Å². The number of nitrogens with zero attached hydrogens (tertiary/aromatic N) is 6. The van der Waals surface area contributed by atoms with Gasteiger partial charge in [-0.15, -0.1) is 15.3 Å². The van der Waals surface area contributed by atoms with Gasteiger partial charge < -0.3 is 0 Å². The van der Waals surface area contributed by atoms with Crippen LogP contribution in [0.1, 0.15) is 17.1 Å². The van der Waals surface area contributed by atoms with Gasteiger partial charge in [0.1, 0.15) is 5.69 Å². The second kappa shape index (κ2) is 8.73. The van der Waals surface area contributed by atoms with E-state index in [1.165, 1.54) is 11.8 Å². The summed E-state index contributed by atoms with van der Waals surface area (Å²) >= 11 is 13.3. The lowest BCUT2D eigenvalue weighted by molar-refractivity contribution is 0.767. The van der Waals surface area contributed by atoms with Crippen LogP contribution in [0.2, 0.25) is 10.0 Å². The molecule has 0 fully saturated rings. The SMILES string of the molecule is O=c1[nH]c(SCc2nnnn2-c2ccc(Cl)c(Cl)c2)nnc1Cc1ccccc1. The van der Waals surface area contributed by atoms with E-state index in [2.05, 4.69) is 30.7 Å². The fraction of sp³-hybridized carbons (Fsp3) is 0.111. The Balaban J connectivity index is 1.47. The molecule has 0 unspecified atom stereocenters. The molecule has 8 nitrogen and oxygen atoms in total. The van der Waals surface area contributed by atoms with Crippen molar-refractivity contribution >= 4 is 35.0 Å². The standard InChI is InChI=1S/C18H13Cl2N7OS/c19-13-7-6-12(9-14(13)20)27-16(23-25-26-27)10-29-18-21-17(28)15(22-24-18)8-11-4-2-1-3-5-11/h1-7,9H,8,10H2,(H,21,24,28). The number of H-pyrrole nitrogens is 1. The molecule has 0 aliphatic rings. The molecular formula is C18H13Cl2N7OS. The van der Waals surface area contributed by atoms with Crippen LogP contribution in [0.4, 0.5) is 0 Å². The Morgan fingerprint density at radius 2 is 1.83 bits per heavy atom. The highest BCUT2D eigenvalue weighted by molar-refractivity contribution is 7.98. The predicted molar refractivity (Wildman–Crippen MR) is 111 cm³/mol. The van der Waals surface area contributed by atoms with Crippen molar-refractivity contribution in [1.82, 2.24) is 35.4 Å². The molecule has 4 rings (SSSR count). The fourth-order valence-corrected chi connectivity index (χ4v) is 3.56. The Kier molecular flexibility index (Phi) is 5.89. The molecule has 0 amide bonds. The van der Waals surface area contributed by atoms with Gasteiger partial charge in [0.05, 0.1) is 21.5 Å². The average Bonchev–Trinajstić information content (AvgIpc) is 3.20. The van der Waals surface area contributed by atoms with Crippen molar-refractivity contribution in [1.29, 1.82) is 0 Å². The lowest BCUT2D eigenvalue weighted by Crippen LogP contribution is -2.18. The summed E-state index contributed by atoms with van der Waals surface area (Å²) in [6.45, 7) is 0. The van der Waals surface area contributed by atoms with Crippen LogP contribution >= 0.6 is 35.0 Å². The highest BCUT2D eigenvalue weighted by Gasteiger charge is 2.12. The number of rotatable bonds is 6. The maximum atomic E-state index is 12.3. The van der Waals surface area contributed by atoms with Gasteiger partial charge in [0.2, 0.25) is 0 Å². The van der Waals surface area contributed by atoms with Crippen LogP contribution in [-0.4, -0.2) is 35.4 Å². The molecule has 0 bridgehead atoms. The molecule has 0 atom stereocenters. The van der Waals surface area contributed by atoms with Gasteiger partial charge in [0.25, 0.3) is 5.56 Å². The van der Waals surface area contributed by atoms with Gasteiger partial charge in [0, 0.05) is 6.42 Å². The number of nitrogens with one attached hydrogen (secondary N) is 1. The number of thioether (sulfide) groups is 1. The molecule has 0 saturated heterocycles. The van der Waals surface area contributed by atoms with Crippen LogP contribution < -0.4 is 5.56 Å². The van der Waals surface area contributed by atoms with E-state index in [-0.39, 0.29) is 5.56 Å². The molecule has 0 saturated carbocycles. The second-order valence-corrected chi connectivity index (χ2v) is 7.74. The van der Waals surface area contributed by atoms with Gasteiger partial charge >= 0.3 is 0 Å². The number of hydrogen-bond donors (Lipinski definition) is 1. The van der Waals surface area contributed by atoms with E-state index in [0.29, 0.717) is 44.6 Å². The van der Waals surface area contributed by atoms with E-state index in [9.17, 15) is 4.79 Å². The largest absolute Gasteiger partial charge is 0.298 e. The number of aromatic amines is 1. The van der Waals surface area contributed by atoms with E-state index < -0.39 is 0 Å². The average molecular weight is 446 g/mol. The summed E-state index contributed by atoms with van der Waals surface area (Å²) in [5, 5.41) is 21.1. The predicted octanol–water partition coefficient (Wildman–Crippen LogP) is 3.33. The van der Waals surface area contributed by atoms with Crippen LogP contribution in [0.25, 0.3) is 5.69 Å². The van der Waals surface area contributed by atoms with E-state index in [1.807, 2.05) is 30.3 Å². The zero-order chi connectivity index (χ0) is 20.2. The summed E-state index contributed by atoms with van der Waals surface area (Å²) in [5.41, 5.74) is 1.77. The Morgan fingerprint density at radius 3 is 2.59 bits per heavy atom. The maximum absolute atomic E-state index is 12.3. The van der Waals surface area contributed by atoms with Crippen molar-refractivity contribution in [2.24, 2.45) is 0 Å². The summed E-state index contributed by atoms with van der Waals surface area (Å²) in [5.74, 6) is 0.931. The van der Waals surface area contributed by atoms with Crippen molar-refractivity contribution in [2.75, 3.05) is 0 Å². The minimum absolute atomic E-state index is 0.268. The molecule has 1 N–H and O–H groups in total. The molecule has 0 spiro atoms. The molecule has 0 aliphatic heterocycles. The van der Waals surface area contributed by atoms with Crippen molar-refractivity contribution in [3.05, 3.63) is 86.0 Å². The van der Waals surface area contributed by atoms with Gasteiger partial charge in [-0.05, 0) is 34.2 Å². The quantitative estimate of drug-likeness (QED) is 0.453. The van der Waals surface area contributed by atoms with Gasteiger partial charge in [-0.3, -0.25) is 9.78 Å². The molecule has 146 valence electrons. The summed E-state index contributed by atoms with van der Waals surface area (Å²) < 4.78 is 1.55. The third-order valence-electron chi connectivity index (χ3n) is 3.98. The highest BCUT2D eigenvalue weighted by atomic mass is 35.5. The number of aromatic nitrogens is 7. The number of benzene rings is 2. The van der Waals surface area contributed by atoms with Gasteiger partial charge in [-0.25, -0.2) is 0 Å². The molecule has 29 heavy (non-hydrogen) atoms. The Bertz CT molecular complexity index is 1200. The number of hydrogen-bond acceptors (Lipinski definition) is 7. The molecule has 2 aromatic heterocycles. The lowest BCUT2D eigenvalue weighted by Gasteiger charge is -2.06. The van der Waals surface area contributed by atoms with E-state index in [4.69, 9.17) is 23.2 Å². The summed E-state index contributed by atoms with van der Waals surface area (Å²) in [6.07, 6.45) is 0.420. The normalized spacial score (nSPS) is 11.0. The number of tetrazole rings is 1. The second-order valence-electron chi connectivity index (χ2n) is 5.96. The van der Waals surface area contributed by atoms with Crippen molar-refractivity contribution in [3.63, 3.8) is 0 Å². The van der Waals surface area contributed by atoms with Crippen LogP contribution in [0, 0.1) is 0 Å². The minimum Gasteiger partial charge on any atom is -0.298 e. The first-order chi connectivity index (χ1) is 14.1. The number of halogens is 2. The maximum Gasteiger partial charge on any atom is 0.273 e. The van der Waals surface area contributed by atoms with Crippen LogP contribution in [0.5, 0.6) is 0 Å². The third-order valence-corrected chi connectivity index (χ3v) is 5.58. The molecule has 0 radical (unpaired) electrons. The molecule has 4 aromatic rings. The molecular weight excluding hydrogens is 433 g/mol. The van der Waals surface area contributed by atoms with E-state index >= 15 is 0 Å². The monoisotopic (exact) mass is 445 g/mol. The van der Waals surface area contributed by atoms with Gasteiger partial charge in [0.15, 0.2) is 11.0 Å². The first kappa shape index (κ1) is 19.6. The Labute approximate surface area is 179 Å². The molecule has 2 aromatic carbocycles. The van der Waals surface area contributed by atoms with Gasteiger partial charge in [-0.1, -0.05) is 65.3 Å². The van der Waals surface area contributed by atoms with E-state index in [1.54, 1.807) is 22.9 Å². The lowest BCUT2D eigenvalue weighted by atomic mass is 10.1. The summed E-state index contributed by atoms with van der Waals surface area (Å²) in [6, 6.07) is 14.7. The summed E-state index contributed by atoms with van der Waals surface area (Å²) in [7, 11) is 0. The van der Waals surface area contributed by atoms with E-state index in [0.717, 1.165) is 5.56 Å². The Hall–Kier alpha value is -2.75. The van der Waals surface area contributed by atoms with Gasteiger partial charge in [-0.2, -0.15) is 4.68 Å². The Morgan fingerprint density at radius 1 is 1.00 bits per heavy atom. The smallest absolute Gasteiger partial charge is 0.273 e. The topological polar surface area (TPSA) is 102 Å². The first-order valence-electron chi connectivity index (χ1n) is 8.45. The highest BCUT2D eigenvalue weighted by Crippen LogP contribution is 2.25.